The molecule has 1 N–H and O–H groups in total. The van der Waals surface area contributed by atoms with Gasteiger partial charge >= 0.3 is 5.69 Å². The van der Waals surface area contributed by atoms with Crippen LogP contribution in [0.15, 0.2) is 42.5 Å². The summed E-state index contributed by atoms with van der Waals surface area (Å²) >= 11 is 0. The molecule has 0 bridgehead atoms. The average Bonchev–Trinajstić information content (AvgIpc) is 2.48. The first-order valence-corrected chi connectivity index (χ1v) is 6.94. The Hall–Kier alpha value is -2.56. The highest BCUT2D eigenvalue weighted by Crippen LogP contribution is 2.38. The molecule has 5 nitrogen and oxygen atoms in total. The fourth-order valence-corrected chi connectivity index (χ4v) is 2.14. The van der Waals surface area contributed by atoms with Crippen LogP contribution in [-0.4, -0.2) is 11.5 Å². The zero-order valence-electron chi connectivity index (χ0n) is 12.1. The van der Waals surface area contributed by atoms with Crippen LogP contribution in [0.25, 0.3) is 0 Å². The predicted molar refractivity (Wildman–Crippen MR) is 83.2 cm³/mol. The molecule has 2 aromatic rings. The van der Waals surface area contributed by atoms with Gasteiger partial charge in [0.25, 0.3) is 0 Å². The number of ether oxygens (including phenoxy) is 1. The Labute approximate surface area is 123 Å². The minimum absolute atomic E-state index is 0.0368. The molecule has 0 saturated carbocycles. The Morgan fingerprint density at radius 3 is 2.48 bits per heavy atom. The van der Waals surface area contributed by atoms with Crippen molar-refractivity contribution < 1.29 is 9.66 Å². The molecule has 110 valence electrons. The van der Waals surface area contributed by atoms with Crippen LogP contribution in [0.4, 0.5) is 11.4 Å². The normalized spacial score (nSPS) is 10.2. The molecule has 0 aliphatic heterocycles. The van der Waals surface area contributed by atoms with Gasteiger partial charge in [-0.05, 0) is 37.1 Å². The van der Waals surface area contributed by atoms with Crippen molar-refractivity contribution in [2.24, 2.45) is 0 Å². The molecule has 0 fully saturated rings. The van der Waals surface area contributed by atoms with Crippen LogP contribution in [0.3, 0.4) is 0 Å². The van der Waals surface area contributed by atoms with Crippen molar-refractivity contribution in [3.05, 3.63) is 58.1 Å². The highest BCUT2D eigenvalue weighted by molar-refractivity contribution is 5.69. The number of para-hydroxylation sites is 2. The second-order valence-electron chi connectivity index (χ2n) is 4.50. The standard InChI is InChI=1S/C16H18N2O3/c1-3-12-8-5-6-10-14(12)21-15-11-7-9-13(17-4-2)16(15)18(19)20/h5-11,17H,3-4H2,1-2H3. The maximum Gasteiger partial charge on any atom is 0.334 e. The summed E-state index contributed by atoms with van der Waals surface area (Å²) in [5.41, 5.74) is 1.44. The second kappa shape index (κ2) is 6.74. The van der Waals surface area contributed by atoms with Gasteiger partial charge in [0.05, 0.1) is 4.92 Å². The number of anilines is 1. The van der Waals surface area contributed by atoms with Crippen LogP contribution >= 0.6 is 0 Å². The molecule has 0 aromatic heterocycles. The van der Waals surface area contributed by atoms with Gasteiger partial charge in [0, 0.05) is 6.54 Å². The van der Waals surface area contributed by atoms with Gasteiger partial charge in [0.2, 0.25) is 5.75 Å². The van der Waals surface area contributed by atoms with Crippen molar-refractivity contribution >= 4 is 11.4 Å². The molecule has 0 aliphatic rings. The third-order valence-corrected chi connectivity index (χ3v) is 3.12. The van der Waals surface area contributed by atoms with Gasteiger partial charge in [-0.1, -0.05) is 31.2 Å². The van der Waals surface area contributed by atoms with Gasteiger partial charge in [-0.15, -0.1) is 0 Å². The summed E-state index contributed by atoms with van der Waals surface area (Å²) in [6.07, 6.45) is 0.802. The molecule has 0 unspecified atom stereocenters. The maximum atomic E-state index is 11.3. The summed E-state index contributed by atoms with van der Waals surface area (Å²) in [6.45, 7) is 4.52. The third kappa shape index (κ3) is 3.31. The first-order chi connectivity index (χ1) is 10.2. The van der Waals surface area contributed by atoms with Crippen LogP contribution in [0.5, 0.6) is 11.5 Å². The number of nitro benzene ring substituents is 1. The quantitative estimate of drug-likeness (QED) is 0.632. The molecule has 0 spiro atoms. The lowest BCUT2D eigenvalue weighted by molar-refractivity contribution is -0.384. The van der Waals surface area contributed by atoms with Gasteiger partial charge in [0.1, 0.15) is 11.4 Å². The molecule has 0 radical (unpaired) electrons. The largest absolute Gasteiger partial charge is 0.450 e. The van der Waals surface area contributed by atoms with Crippen molar-refractivity contribution in [3.63, 3.8) is 0 Å². The number of nitro groups is 1. The van der Waals surface area contributed by atoms with E-state index in [4.69, 9.17) is 4.74 Å². The number of aryl methyl sites for hydroxylation is 1. The van der Waals surface area contributed by atoms with Crippen LogP contribution in [0, 0.1) is 10.1 Å². The molecular weight excluding hydrogens is 268 g/mol. The Bertz CT molecular complexity index is 641. The van der Waals surface area contributed by atoms with Crippen molar-refractivity contribution in [2.75, 3.05) is 11.9 Å². The highest BCUT2D eigenvalue weighted by Gasteiger charge is 2.21. The van der Waals surface area contributed by atoms with Crippen molar-refractivity contribution in [1.29, 1.82) is 0 Å². The van der Waals surface area contributed by atoms with E-state index in [9.17, 15) is 10.1 Å². The number of hydrogen-bond acceptors (Lipinski definition) is 4. The van der Waals surface area contributed by atoms with Crippen molar-refractivity contribution in [1.82, 2.24) is 0 Å². The van der Waals surface area contributed by atoms with Crippen LogP contribution < -0.4 is 10.1 Å². The lowest BCUT2D eigenvalue weighted by Gasteiger charge is -2.12. The van der Waals surface area contributed by atoms with E-state index in [1.807, 2.05) is 38.1 Å². The Balaban J connectivity index is 2.44. The molecule has 5 heteroatoms. The minimum Gasteiger partial charge on any atom is -0.450 e. The zero-order chi connectivity index (χ0) is 15.2. The van der Waals surface area contributed by atoms with Crippen LogP contribution in [-0.2, 0) is 6.42 Å². The number of benzene rings is 2. The Kier molecular flexibility index (Phi) is 4.77. The zero-order valence-corrected chi connectivity index (χ0v) is 12.1. The van der Waals surface area contributed by atoms with Gasteiger partial charge in [0.15, 0.2) is 0 Å². The van der Waals surface area contributed by atoms with Crippen LogP contribution in [0.1, 0.15) is 19.4 Å². The second-order valence-corrected chi connectivity index (χ2v) is 4.50. The van der Waals surface area contributed by atoms with Gasteiger partial charge in [-0.2, -0.15) is 0 Å². The molecule has 0 heterocycles. The SMILES string of the molecule is CCNc1cccc(Oc2ccccc2CC)c1[N+](=O)[O-]. The summed E-state index contributed by atoms with van der Waals surface area (Å²) in [5, 5.41) is 14.3. The van der Waals surface area contributed by atoms with E-state index in [-0.39, 0.29) is 11.4 Å². The molecule has 0 saturated heterocycles. The van der Waals surface area contributed by atoms with Gasteiger partial charge in [-0.25, -0.2) is 0 Å². The number of rotatable bonds is 6. The minimum atomic E-state index is -0.415. The molecule has 21 heavy (non-hydrogen) atoms. The van der Waals surface area contributed by atoms with Crippen molar-refractivity contribution in [3.8, 4) is 11.5 Å². The number of nitrogens with zero attached hydrogens (tertiary/aromatic N) is 1. The van der Waals surface area contributed by atoms with E-state index in [1.54, 1.807) is 18.2 Å². The van der Waals surface area contributed by atoms with E-state index in [1.165, 1.54) is 0 Å². The lowest BCUT2D eigenvalue weighted by Crippen LogP contribution is -2.03. The predicted octanol–water partition coefficient (Wildman–Crippen LogP) is 4.38. The number of hydrogen-bond donors (Lipinski definition) is 1. The van der Waals surface area contributed by atoms with Crippen LogP contribution in [0.2, 0.25) is 0 Å². The molecule has 2 rings (SSSR count). The van der Waals surface area contributed by atoms with Crippen molar-refractivity contribution in [2.45, 2.75) is 20.3 Å². The lowest BCUT2D eigenvalue weighted by atomic mass is 10.1. The first-order valence-electron chi connectivity index (χ1n) is 6.94. The van der Waals surface area contributed by atoms with E-state index in [0.29, 0.717) is 18.0 Å². The summed E-state index contributed by atoms with van der Waals surface area (Å²) in [7, 11) is 0. The number of nitrogens with one attached hydrogen (secondary N) is 1. The highest BCUT2D eigenvalue weighted by atomic mass is 16.6. The Morgan fingerprint density at radius 2 is 1.81 bits per heavy atom. The first kappa shape index (κ1) is 14.8. The topological polar surface area (TPSA) is 64.4 Å². The third-order valence-electron chi connectivity index (χ3n) is 3.12. The van der Waals surface area contributed by atoms with E-state index in [0.717, 1.165) is 12.0 Å². The smallest absolute Gasteiger partial charge is 0.334 e. The fraction of sp³-hybridized carbons (Fsp3) is 0.250. The summed E-state index contributed by atoms with van der Waals surface area (Å²) in [4.78, 5) is 10.9. The van der Waals surface area contributed by atoms with E-state index < -0.39 is 4.92 Å². The van der Waals surface area contributed by atoms with Gasteiger partial charge < -0.3 is 10.1 Å². The van der Waals surface area contributed by atoms with E-state index >= 15 is 0 Å². The molecule has 0 aliphatic carbocycles. The summed E-state index contributed by atoms with van der Waals surface area (Å²) in [5.74, 6) is 0.899. The molecule has 0 amide bonds. The molecular formula is C16H18N2O3. The monoisotopic (exact) mass is 286 g/mol. The fourth-order valence-electron chi connectivity index (χ4n) is 2.14. The summed E-state index contributed by atoms with van der Waals surface area (Å²) < 4.78 is 5.80. The van der Waals surface area contributed by atoms with Gasteiger partial charge in [-0.3, -0.25) is 10.1 Å². The Morgan fingerprint density at radius 1 is 1.10 bits per heavy atom. The average molecular weight is 286 g/mol. The summed E-state index contributed by atoms with van der Waals surface area (Å²) in [6, 6.07) is 12.6. The molecule has 2 aromatic carbocycles. The van der Waals surface area contributed by atoms with E-state index in [2.05, 4.69) is 5.32 Å². The molecule has 0 atom stereocenters. The maximum absolute atomic E-state index is 11.3.